The van der Waals surface area contributed by atoms with E-state index in [0.717, 1.165) is 6.07 Å². The average Bonchev–Trinajstić information content (AvgIpc) is 2.01. The van der Waals surface area contributed by atoms with Crippen molar-refractivity contribution in [3.63, 3.8) is 0 Å². The lowest BCUT2D eigenvalue weighted by Crippen LogP contribution is -2.22. The van der Waals surface area contributed by atoms with Crippen molar-refractivity contribution in [3.05, 3.63) is 33.4 Å². The topological polar surface area (TPSA) is 17.1 Å². The van der Waals surface area contributed by atoms with E-state index in [4.69, 9.17) is 0 Å². The van der Waals surface area contributed by atoms with E-state index in [1.165, 1.54) is 12.1 Å². The molecule has 1 nitrogen and oxygen atoms in total. The van der Waals surface area contributed by atoms with Crippen LogP contribution >= 0.6 is 22.6 Å². The number of alkyl halides is 3. The van der Waals surface area contributed by atoms with Gasteiger partial charge in [-0.2, -0.15) is 13.2 Å². The molecule has 13 heavy (non-hydrogen) atoms. The van der Waals surface area contributed by atoms with Crippen molar-refractivity contribution in [2.75, 3.05) is 0 Å². The second-order valence-electron chi connectivity index (χ2n) is 2.34. The van der Waals surface area contributed by atoms with E-state index in [-0.39, 0.29) is 5.56 Å². The smallest absolute Gasteiger partial charge is 0.284 e. The molecule has 0 amide bonds. The predicted octanol–water partition coefficient (Wildman–Crippen LogP) is 3.04. The third kappa shape index (κ3) is 2.68. The van der Waals surface area contributed by atoms with E-state index in [9.17, 15) is 18.0 Å². The normalized spacial score (nSPS) is 11.4. The number of rotatable bonds is 1. The summed E-state index contributed by atoms with van der Waals surface area (Å²) in [5, 5.41) is 0. The Bertz CT molecular complexity index is 332. The summed E-state index contributed by atoms with van der Waals surface area (Å²) in [6, 6.07) is 5.39. The molecule has 0 aliphatic heterocycles. The first-order chi connectivity index (χ1) is 5.91. The van der Waals surface area contributed by atoms with Crippen LogP contribution in [-0.4, -0.2) is 12.0 Å². The van der Waals surface area contributed by atoms with Crippen molar-refractivity contribution in [1.29, 1.82) is 0 Å². The zero-order valence-electron chi connectivity index (χ0n) is 6.23. The third-order valence-corrected chi connectivity index (χ3v) is 2.02. The number of carbonyl (C=O) groups is 1. The Morgan fingerprint density at radius 1 is 1.31 bits per heavy atom. The molecule has 1 aromatic rings. The largest absolute Gasteiger partial charge is 0.454 e. The number of carbonyl (C=O) groups excluding carboxylic acids is 1. The Labute approximate surface area is 86.1 Å². The van der Waals surface area contributed by atoms with Crippen molar-refractivity contribution < 1.29 is 18.0 Å². The summed E-state index contributed by atoms with van der Waals surface area (Å²) < 4.78 is 36.3. The molecule has 1 aromatic carbocycles. The van der Waals surface area contributed by atoms with Crippen LogP contribution in [0.4, 0.5) is 13.2 Å². The highest BCUT2D eigenvalue weighted by atomic mass is 127. The molecule has 0 aromatic heterocycles. The van der Waals surface area contributed by atoms with Gasteiger partial charge in [-0.25, -0.2) is 0 Å². The molecule has 70 valence electrons. The molecule has 0 unspecified atom stereocenters. The quantitative estimate of drug-likeness (QED) is 0.575. The lowest BCUT2D eigenvalue weighted by molar-refractivity contribution is -0.0885. The molecular formula is C8H4F3IO. The Hall–Kier alpha value is -0.590. The van der Waals surface area contributed by atoms with Crippen LogP contribution in [0.15, 0.2) is 24.3 Å². The molecule has 0 spiro atoms. The maximum absolute atomic E-state index is 11.9. The van der Waals surface area contributed by atoms with Crippen LogP contribution in [-0.2, 0) is 0 Å². The van der Waals surface area contributed by atoms with Gasteiger partial charge in [-0.1, -0.05) is 12.1 Å². The van der Waals surface area contributed by atoms with E-state index in [1.54, 1.807) is 6.07 Å². The van der Waals surface area contributed by atoms with Gasteiger partial charge in [0.15, 0.2) is 0 Å². The SMILES string of the molecule is O=C(c1cccc(I)c1)C(F)(F)F. The lowest BCUT2D eigenvalue weighted by atomic mass is 10.1. The fourth-order valence-electron chi connectivity index (χ4n) is 0.793. The molecule has 0 atom stereocenters. The minimum atomic E-state index is -4.79. The molecule has 0 aliphatic carbocycles. The maximum atomic E-state index is 11.9. The van der Waals surface area contributed by atoms with Crippen LogP contribution < -0.4 is 0 Å². The van der Waals surface area contributed by atoms with Gasteiger partial charge < -0.3 is 0 Å². The highest BCUT2D eigenvalue weighted by Gasteiger charge is 2.39. The molecule has 0 bridgehead atoms. The summed E-state index contributed by atoms with van der Waals surface area (Å²) in [5.74, 6) is -1.80. The minimum Gasteiger partial charge on any atom is -0.284 e. The van der Waals surface area contributed by atoms with Gasteiger partial charge in [0, 0.05) is 9.13 Å². The first-order valence-corrected chi connectivity index (χ1v) is 4.36. The second kappa shape index (κ2) is 3.65. The number of Topliss-reactive ketones (excluding diaryl/α,β-unsaturated/α-hetero) is 1. The van der Waals surface area contributed by atoms with E-state index >= 15 is 0 Å². The first kappa shape index (κ1) is 10.5. The second-order valence-corrected chi connectivity index (χ2v) is 3.58. The average molecular weight is 300 g/mol. The van der Waals surface area contributed by atoms with Crippen LogP contribution in [0, 0.1) is 3.57 Å². The Morgan fingerprint density at radius 2 is 1.92 bits per heavy atom. The van der Waals surface area contributed by atoms with E-state index in [1.807, 2.05) is 22.6 Å². The summed E-state index contributed by atoms with van der Waals surface area (Å²) >= 11 is 1.85. The lowest BCUT2D eigenvalue weighted by Gasteiger charge is -2.04. The van der Waals surface area contributed by atoms with Gasteiger partial charge in [-0.05, 0) is 34.7 Å². The zero-order valence-corrected chi connectivity index (χ0v) is 8.39. The molecule has 5 heteroatoms. The maximum Gasteiger partial charge on any atom is 0.454 e. The van der Waals surface area contributed by atoms with Gasteiger partial charge in [0.1, 0.15) is 0 Å². The number of benzene rings is 1. The van der Waals surface area contributed by atoms with Gasteiger partial charge in [0.2, 0.25) is 0 Å². The minimum absolute atomic E-state index is 0.320. The van der Waals surface area contributed by atoms with Crippen LogP contribution in [0.3, 0.4) is 0 Å². The summed E-state index contributed by atoms with van der Waals surface area (Å²) in [6.07, 6.45) is -4.79. The van der Waals surface area contributed by atoms with Gasteiger partial charge in [0.05, 0.1) is 0 Å². The standard InChI is InChI=1S/C8H4F3IO/c9-8(10,11)7(13)5-2-1-3-6(12)4-5/h1-4H. The van der Waals surface area contributed by atoms with Crippen molar-refractivity contribution >= 4 is 28.4 Å². The van der Waals surface area contributed by atoms with Crippen molar-refractivity contribution in [2.24, 2.45) is 0 Å². The fourth-order valence-corrected chi connectivity index (χ4v) is 1.34. The zero-order chi connectivity index (χ0) is 10.1. The molecule has 0 fully saturated rings. The first-order valence-electron chi connectivity index (χ1n) is 3.28. The molecule has 0 N–H and O–H groups in total. The highest BCUT2D eigenvalue weighted by Crippen LogP contribution is 2.22. The van der Waals surface area contributed by atoms with Gasteiger partial charge in [0.25, 0.3) is 5.78 Å². The van der Waals surface area contributed by atoms with Gasteiger partial charge in [-0.3, -0.25) is 4.79 Å². The number of ketones is 1. The summed E-state index contributed by atoms with van der Waals surface area (Å²) in [7, 11) is 0. The molecule has 0 saturated carbocycles. The van der Waals surface area contributed by atoms with Crippen LogP contribution in [0.25, 0.3) is 0 Å². The van der Waals surface area contributed by atoms with Gasteiger partial charge in [-0.15, -0.1) is 0 Å². The molecule has 0 aliphatic rings. The van der Waals surface area contributed by atoms with E-state index < -0.39 is 12.0 Å². The number of hydrogen-bond donors (Lipinski definition) is 0. The molecular weight excluding hydrogens is 296 g/mol. The van der Waals surface area contributed by atoms with Gasteiger partial charge >= 0.3 is 6.18 Å². The van der Waals surface area contributed by atoms with E-state index in [0.29, 0.717) is 3.57 Å². The molecule has 1 rings (SSSR count). The van der Waals surface area contributed by atoms with Crippen molar-refractivity contribution in [2.45, 2.75) is 6.18 Å². The monoisotopic (exact) mass is 300 g/mol. The fraction of sp³-hybridized carbons (Fsp3) is 0.125. The molecule has 0 radical (unpaired) electrons. The third-order valence-electron chi connectivity index (χ3n) is 1.34. The Kier molecular flexibility index (Phi) is 2.94. The Balaban J connectivity index is 3.03. The van der Waals surface area contributed by atoms with Crippen LogP contribution in [0.2, 0.25) is 0 Å². The van der Waals surface area contributed by atoms with E-state index in [2.05, 4.69) is 0 Å². The summed E-state index contributed by atoms with van der Waals surface area (Å²) in [4.78, 5) is 10.7. The number of hydrogen-bond acceptors (Lipinski definition) is 1. The Morgan fingerprint density at radius 3 is 2.38 bits per heavy atom. The highest BCUT2D eigenvalue weighted by molar-refractivity contribution is 14.1. The predicted molar refractivity (Wildman–Crippen MR) is 49.5 cm³/mol. The molecule has 0 heterocycles. The van der Waals surface area contributed by atoms with Crippen molar-refractivity contribution in [3.8, 4) is 0 Å². The summed E-state index contributed by atoms with van der Waals surface area (Å²) in [6.45, 7) is 0. The van der Waals surface area contributed by atoms with Crippen LogP contribution in [0.1, 0.15) is 10.4 Å². The number of halogens is 4. The van der Waals surface area contributed by atoms with Crippen molar-refractivity contribution in [1.82, 2.24) is 0 Å². The van der Waals surface area contributed by atoms with Crippen LogP contribution in [0.5, 0.6) is 0 Å². The molecule has 0 saturated heterocycles. The summed E-state index contributed by atoms with van der Waals surface area (Å²) in [5.41, 5.74) is -0.320.